The Balaban J connectivity index is 1.83. The van der Waals surface area contributed by atoms with Gasteiger partial charge < -0.3 is 10.1 Å². The number of fused-ring (bicyclic) bond motifs is 3. The summed E-state index contributed by atoms with van der Waals surface area (Å²) in [4.78, 5) is 22.0. The molecule has 0 aromatic heterocycles. The number of hydrogen-bond acceptors (Lipinski definition) is 6. The fourth-order valence-corrected chi connectivity index (χ4v) is 4.21. The van der Waals surface area contributed by atoms with E-state index < -0.39 is 9.85 Å². The van der Waals surface area contributed by atoms with E-state index in [-0.39, 0.29) is 29.3 Å². The van der Waals surface area contributed by atoms with E-state index in [1.165, 1.54) is 12.1 Å². The maximum absolute atomic E-state index is 11.7. The van der Waals surface area contributed by atoms with Crippen molar-refractivity contribution in [2.24, 2.45) is 5.92 Å². The lowest BCUT2D eigenvalue weighted by Gasteiger charge is -2.37. The average Bonchev–Trinajstić information content (AvgIpc) is 3.17. The molecule has 1 aliphatic carbocycles. The highest BCUT2D eigenvalue weighted by molar-refractivity contribution is 5.73. The minimum Gasteiger partial charge on any atom is -0.494 e. The molecule has 2 aromatic rings. The second kappa shape index (κ2) is 6.95. The molecule has 0 bridgehead atoms. The summed E-state index contributed by atoms with van der Waals surface area (Å²) < 4.78 is 5.53. The second-order valence-corrected chi connectivity index (χ2v) is 6.92. The van der Waals surface area contributed by atoms with Crippen molar-refractivity contribution in [3.05, 3.63) is 79.9 Å². The van der Waals surface area contributed by atoms with Gasteiger partial charge in [-0.05, 0) is 36.5 Å². The zero-order valence-electron chi connectivity index (χ0n) is 15.2. The van der Waals surface area contributed by atoms with E-state index in [9.17, 15) is 20.2 Å². The number of hydrogen-bond donors (Lipinski definition) is 1. The maximum Gasteiger partial charge on any atom is 0.296 e. The third-order valence-corrected chi connectivity index (χ3v) is 5.37. The van der Waals surface area contributed by atoms with Crippen LogP contribution in [0.3, 0.4) is 0 Å². The number of anilines is 1. The molecule has 0 fully saturated rings. The normalized spacial score (nSPS) is 22.1. The molecule has 8 nitrogen and oxygen atoms in total. The topological polar surface area (TPSA) is 108 Å². The summed E-state index contributed by atoms with van der Waals surface area (Å²) in [6, 6.07) is 9.48. The quantitative estimate of drug-likeness (QED) is 0.456. The number of allylic oxidation sites excluding steroid dienone is 2. The van der Waals surface area contributed by atoms with Crippen LogP contribution in [-0.2, 0) is 0 Å². The summed E-state index contributed by atoms with van der Waals surface area (Å²) in [7, 11) is 0. The predicted octanol–water partition coefficient (Wildman–Crippen LogP) is 4.73. The first-order valence-corrected chi connectivity index (χ1v) is 9.12. The standard InChI is InChI=1S/C20H19N3O5/c1-2-28-14-10-17-15-7-4-8-16(15)19(21-20(17)18(11-14)23(26)27)12-5-3-6-13(9-12)22(24)25/h3-7,9-11,15-16,19,21H,2,8H2,1H3/t15-,16+,19-/m1/s1. The summed E-state index contributed by atoms with van der Waals surface area (Å²) >= 11 is 0. The molecule has 0 amide bonds. The Hall–Kier alpha value is -3.42. The van der Waals surface area contributed by atoms with Gasteiger partial charge in [-0.25, -0.2) is 0 Å². The van der Waals surface area contributed by atoms with Crippen molar-refractivity contribution < 1.29 is 14.6 Å². The number of nitro groups is 2. The van der Waals surface area contributed by atoms with E-state index in [0.717, 1.165) is 17.5 Å². The first-order valence-electron chi connectivity index (χ1n) is 9.12. The van der Waals surface area contributed by atoms with Crippen LogP contribution >= 0.6 is 0 Å². The Labute approximate surface area is 161 Å². The number of ether oxygens (including phenoxy) is 1. The molecule has 4 rings (SSSR count). The Bertz CT molecular complexity index is 988. The highest BCUT2D eigenvalue weighted by Gasteiger charge is 2.41. The van der Waals surface area contributed by atoms with Crippen molar-refractivity contribution in [2.45, 2.75) is 25.3 Å². The molecule has 0 spiro atoms. The van der Waals surface area contributed by atoms with E-state index in [4.69, 9.17) is 4.74 Å². The molecule has 3 atom stereocenters. The molecule has 144 valence electrons. The number of non-ortho nitro benzene ring substituents is 1. The number of rotatable bonds is 5. The summed E-state index contributed by atoms with van der Waals surface area (Å²) in [5, 5.41) is 26.2. The van der Waals surface area contributed by atoms with Crippen LogP contribution < -0.4 is 10.1 Å². The lowest BCUT2D eigenvalue weighted by atomic mass is 9.76. The van der Waals surface area contributed by atoms with Crippen LogP contribution in [0.5, 0.6) is 5.75 Å². The Morgan fingerprint density at radius 1 is 1.18 bits per heavy atom. The van der Waals surface area contributed by atoms with Crippen LogP contribution in [0.4, 0.5) is 17.1 Å². The van der Waals surface area contributed by atoms with Gasteiger partial charge in [-0.1, -0.05) is 24.3 Å². The van der Waals surface area contributed by atoms with E-state index in [1.54, 1.807) is 12.1 Å². The number of nitrogens with one attached hydrogen (secondary N) is 1. The summed E-state index contributed by atoms with van der Waals surface area (Å²) in [6.45, 7) is 2.25. The molecular weight excluding hydrogens is 362 g/mol. The van der Waals surface area contributed by atoms with Crippen molar-refractivity contribution in [2.75, 3.05) is 11.9 Å². The van der Waals surface area contributed by atoms with Crippen LogP contribution in [0.15, 0.2) is 48.6 Å². The average molecular weight is 381 g/mol. The lowest BCUT2D eigenvalue weighted by molar-refractivity contribution is -0.384. The summed E-state index contributed by atoms with van der Waals surface area (Å²) in [5.41, 5.74) is 2.00. The smallest absolute Gasteiger partial charge is 0.296 e. The molecular formula is C20H19N3O5. The molecule has 0 saturated heterocycles. The molecule has 0 saturated carbocycles. The van der Waals surface area contributed by atoms with E-state index in [0.29, 0.717) is 18.0 Å². The molecule has 1 heterocycles. The molecule has 2 aliphatic rings. The molecule has 28 heavy (non-hydrogen) atoms. The van der Waals surface area contributed by atoms with Crippen LogP contribution in [0.2, 0.25) is 0 Å². The second-order valence-electron chi connectivity index (χ2n) is 6.92. The van der Waals surface area contributed by atoms with Crippen molar-refractivity contribution >= 4 is 17.1 Å². The predicted molar refractivity (Wildman–Crippen MR) is 104 cm³/mol. The fourth-order valence-electron chi connectivity index (χ4n) is 4.21. The Morgan fingerprint density at radius 2 is 2.00 bits per heavy atom. The van der Waals surface area contributed by atoms with E-state index >= 15 is 0 Å². The third kappa shape index (κ3) is 2.96. The SMILES string of the molecule is CCOc1cc2c(c([N+](=O)[O-])c1)N[C@H](c1cccc([N+](=O)[O-])c1)[C@H]1CC=C[C@@H]21. The fraction of sp³-hybridized carbons (Fsp3) is 0.300. The number of nitro benzene ring substituents is 2. The Kier molecular flexibility index (Phi) is 4.46. The first kappa shape index (κ1) is 18.0. The molecule has 1 N–H and O–H groups in total. The highest BCUT2D eigenvalue weighted by atomic mass is 16.6. The van der Waals surface area contributed by atoms with E-state index in [2.05, 4.69) is 17.5 Å². The highest BCUT2D eigenvalue weighted by Crippen LogP contribution is 2.53. The van der Waals surface area contributed by atoms with Crippen molar-refractivity contribution in [3.63, 3.8) is 0 Å². The monoisotopic (exact) mass is 381 g/mol. The van der Waals surface area contributed by atoms with Gasteiger partial charge in [0.1, 0.15) is 11.4 Å². The number of benzene rings is 2. The molecule has 0 radical (unpaired) electrons. The van der Waals surface area contributed by atoms with Gasteiger partial charge in [-0.2, -0.15) is 0 Å². The van der Waals surface area contributed by atoms with Gasteiger partial charge in [-0.15, -0.1) is 0 Å². The van der Waals surface area contributed by atoms with Crippen molar-refractivity contribution in [3.8, 4) is 5.75 Å². The first-order chi connectivity index (χ1) is 13.5. The zero-order chi connectivity index (χ0) is 19.8. The van der Waals surface area contributed by atoms with Crippen LogP contribution in [0.1, 0.15) is 36.4 Å². The minimum atomic E-state index is -0.429. The number of nitrogens with zero attached hydrogens (tertiary/aromatic N) is 2. The van der Waals surface area contributed by atoms with Gasteiger partial charge in [0.15, 0.2) is 0 Å². The molecule has 0 unspecified atom stereocenters. The largest absolute Gasteiger partial charge is 0.494 e. The van der Waals surface area contributed by atoms with Gasteiger partial charge in [0.05, 0.1) is 28.6 Å². The van der Waals surface area contributed by atoms with Gasteiger partial charge in [0.2, 0.25) is 0 Å². The zero-order valence-corrected chi connectivity index (χ0v) is 15.2. The Morgan fingerprint density at radius 3 is 2.71 bits per heavy atom. The minimum absolute atomic E-state index is 0.00814. The maximum atomic E-state index is 11.7. The van der Waals surface area contributed by atoms with Crippen molar-refractivity contribution in [1.82, 2.24) is 0 Å². The van der Waals surface area contributed by atoms with Gasteiger partial charge in [0, 0.05) is 18.1 Å². The van der Waals surface area contributed by atoms with Crippen LogP contribution in [0, 0.1) is 26.1 Å². The molecule has 8 heteroatoms. The lowest BCUT2D eigenvalue weighted by Crippen LogP contribution is -2.29. The van der Waals surface area contributed by atoms with Crippen LogP contribution in [0.25, 0.3) is 0 Å². The van der Waals surface area contributed by atoms with Crippen molar-refractivity contribution in [1.29, 1.82) is 0 Å². The van der Waals surface area contributed by atoms with Gasteiger partial charge in [-0.3, -0.25) is 20.2 Å². The summed E-state index contributed by atoms with van der Waals surface area (Å²) in [5.74, 6) is 0.577. The van der Waals surface area contributed by atoms with E-state index in [1.807, 2.05) is 19.1 Å². The van der Waals surface area contributed by atoms with Gasteiger partial charge in [0.25, 0.3) is 11.4 Å². The summed E-state index contributed by atoms with van der Waals surface area (Å²) in [6.07, 6.45) is 4.92. The van der Waals surface area contributed by atoms with Crippen LogP contribution in [-0.4, -0.2) is 16.5 Å². The van der Waals surface area contributed by atoms with Gasteiger partial charge >= 0.3 is 0 Å². The molecule has 1 aliphatic heterocycles. The third-order valence-electron chi connectivity index (χ3n) is 5.37. The molecule has 2 aromatic carbocycles.